The van der Waals surface area contributed by atoms with Crippen LogP contribution in [0.25, 0.3) is 0 Å². The number of nitrogens with two attached hydrogens (primary N) is 1. The van der Waals surface area contributed by atoms with Gasteiger partial charge in [-0.2, -0.15) is 0 Å². The molecule has 0 aliphatic heterocycles. The third kappa shape index (κ3) is 1.58. The average Bonchev–Trinajstić information content (AvgIpc) is 2.01. The highest BCUT2D eigenvalue weighted by atomic mass is 14.7. The van der Waals surface area contributed by atoms with Crippen LogP contribution in [0.4, 0.5) is 0 Å². The molecule has 11 heavy (non-hydrogen) atoms. The molecule has 0 unspecified atom stereocenters. The van der Waals surface area contributed by atoms with E-state index in [-0.39, 0.29) is 0 Å². The van der Waals surface area contributed by atoms with E-state index < -0.39 is 0 Å². The Morgan fingerprint density at radius 3 is 2.00 bits per heavy atom. The zero-order valence-corrected chi connectivity index (χ0v) is 7.26. The van der Waals surface area contributed by atoms with Gasteiger partial charge in [-0.1, -0.05) is 32.1 Å². The Morgan fingerprint density at radius 1 is 0.818 bits per heavy atom. The summed E-state index contributed by atoms with van der Waals surface area (Å²) in [5.41, 5.74) is 5.78. The molecule has 0 radical (unpaired) electrons. The van der Waals surface area contributed by atoms with Gasteiger partial charge in [0.05, 0.1) is 0 Å². The molecule has 2 aliphatic carbocycles. The van der Waals surface area contributed by atoms with Gasteiger partial charge in [0.25, 0.3) is 0 Å². The van der Waals surface area contributed by atoms with Gasteiger partial charge in [0.15, 0.2) is 0 Å². The van der Waals surface area contributed by atoms with Crippen LogP contribution in [0, 0.1) is 11.8 Å². The second kappa shape index (κ2) is 3.14. The zero-order valence-electron chi connectivity index (χ0n) is 7.26. The van der Waals surface area contributed by atoms with Gasteiger partial charge >= 0.3 is 0 Å². The molecule has 0 aromatic carbocycles. The summed E-state index contributed by atoms with van der Waals surface area (Å²) in [6.45, 7) is 0. The van der Waals surface area contributed by atoms with Gasteiger partial charge in [-0.15, -0.1) is 0 Å². The molecule has 0 bridgehead atoms. The second-order valence-electron chi connectivity index (χ2n) is 4.39. The van der Waals surface area contributed by atoms with Crippen molar-refractivity contribution in [2.75, 3.05) is 0 Å². The summed E-state index contributed by atoms with van der Waals surface area (Å²) in [6.07, 6.45) is 10.1. The third-order valence-corrected chi connectivity index (χ3v) is 3.53. The smallest absolute Gasteiger partial charge is 0.00443 e. The molecule has 1 nitrogen and oxygen atoms in total. The Labute approximate surface area is 69.4 Å². The van der Waals surface area contributed by atoms with Gasteiger partial charge in [-0.3, -0.25) is 0 Å². The molecule has 0 amide bonds. The largest absolute Gasteiger partial charge is 0.328 e. The maximum absolute atomic E-state index is 5.78. The third-order valence-electron chi connectivity index (χ3n) is 3.53. The van der Waals surface area contributed by atoms with Crippen LogP contribution < -0.4 is 5.73 Å². The average molecular weight is 153 g/mol. The van der Waals surface area contributed by atoms with Gasteiger partial charge in [0.2, 0.25) is 0 Å². The molecule has 2 N–H and O–H groups in total. The number of hydrogen-bond donors (Lipinski definition) is 1. The molecule has 0 heterocycles. The lowest BCUT2D eigenvalue weighted by Gasteiger charge is -2.40. The van der Waals surface area contributed by atoms with Gasteiger partial charge in [-0.05, 0) is 24.7 Å². The Balaban J connectivity index is 1.76. The molecule has 0 saturated heterocycles. The van der Waals surface area contributed by atoms with E-state index >= 15 is 0 Å². The first kappa shape index (κ1) is 7.60. The van der Waals surface area contributed by atoms with Gasteiger partial charge in [0, 0.05) is 6.04 Å². The zero-order chi connectivity index (χ0) is 7.68. The van der Waals surface area contributed by atoms with Crippen molar-refractivity contribution in [3.05, 3.63) is 0 Å². The highest BCUT2D eigenvalue weighted by Crippen LogP contribution is 2.40. The normalized spacial score (nSPS) is 40.1. The van der Waals surface area contributed by atoms with E-state index in [1.807, 2.05) is 0 Å². The molecular formula is C10H19N. The van der Waals surface area contributed by atoms with Crippen LogP contribution in [0.15, 0.2) is 0 Å². The molecule has 2 rings (SSSR count). The SMILES string of the molecule is NC1CC(C2CCCCC2)C1. The predicted octanol–water partition coefficient (Wildman–Crippen LogP) is 2.30. The van der Waals surface area contributed by atoms with E-state index in [0.29, 0.717) is 6.04 Å². The van der Waals surface area contributed by atoms with Crippen molar-refractivity contribution in [1.29, 1.82) is 0 Å². The van der Waals surface area contributed by atoms with E-state index in [4.69, 9.17) is 5.73 Å². The monoisotopic (exact) mass is 153 g/mol. The van der Waals surface area contributed by atoms with Crippen molar-refractivity contribution in [2.45, 2.75) is 51.0 Å². The number of hydrogen-bond acceptors (Lipinski definition) is 1. The Morgan fingerprint density at radius 2 is 1.45 bits per heavy atom. The maximum Gasteiger partial charge on any atom is 0.00443 e. The predicted molar refractivity (Wildman–Crippen MR) is 47.3 cm³/mol. The van der Waals surface area contributed by atoms with Crippen molar-refractivity contribution in [3.63, 3.8) is 0 Å². The minimum absolute atomic E-state index is 0.557. The minimum atomic E-state index is 0.557. The first-order valence-electron chi connectivity index (χ1n) is 5.12. The Bertz CT molecular complexity index is 121. The van der Waals surface area contributed by atoms with Crippen LogP contribution >= 0.6 is 0 Å². The standard InChI is InChI=1S/C10H19N/c11-10-6-9(7-10)8-4-2-1-3-5-8/h8-10H,1-7,11H2. The van der Waals surface area contributed by atoms with Crippen molar-refractivity contribution in [2.24, 2.45) is 17.6 Å². The van der Waals surface area contributed by atoms with Crippen molar-refractivity contribution in [1.82, 2.24) is 0 Å². The van der Waals surface area contributed by atoms with E-state index in [1.165, 1.54) is 44.9 Å². The van der Waals surface area contributed by atoms with Gasteiger partial charge < -0.3 is 5.73 Å². The van der Waals surface area contributed by atoms with Crippen LogP contribution in [-0.2, 0) is 0 Å². The topological polar surface area (TPSA) is 26.0 Å². The highest BCUT2D eigenvalue weighted by Gasteiger charge is 2.32. The summed E-state index contributed by atoms with van der Waals surface area (Å²) in [6, 6.07) is 0.557. The van der Waals surface area contributed by atoms with Crippen molar-refractivity contribution in [3.8, 4) is 0 Å². The van der Waals surface area contributed by atoms with Crippen molar-refractivity contribution < 1.29 is 0 Å². The van der Waals surface area contributed by atoms with Crippen LogP contribution in [0.2, 0.25) is 0 Å². The second-order valence-corrected chi connectivity index (χ2v) is 4.39. The lowest BCUT2D eigenvalue weighted by atomic mass is 9.68. The Kier molecular flexibility index (Phi) is 2.17. The van der Waals surface area contributed by atoms with E-state index in [0.717, 1.165) is 11.8 Å². The molecule has 2 saturated carbocycles. The Hall–Kier alpha value is -0.0400. The molecule has 0 aromatic heterocycles. The summed E-state index contributed by atoms with van der Waals surface area (Å²) in [4.78, 5) is 0. The fraction of sp³-hybridized carbons (Fsp3) is 1.00. The molecule has 0 aromatic rings. The fourth-order valence-corrected chi connectivity index (χ4v) is 2.70. The maximum atomic E-state index is 5.78. The summed E-state index contributed by atoms with van der Waals surface area (Å²) >= 11 is 0. The highest BCUT2D eigenvalue weighted by molar-refractivity contribution is 4.87. The molecule has 2 fully saturated rings. The van der Waals surface area contributed by atoms with E-state index in [1.54, 1.807) is 0 Å². The fourth-order valence-electron chi connectivity index (χ4n) is 2.70. The molecule has 64 valence electrons. The molecule has 1 heteroatoms. The first-order chi connectivity index (χ1) is 5.36. The first-order valence-corrected chi connectivity index (χ1v) is 5.12. The molecule has 2 aliphatic rings. The van der Waals surface area contributed by atoms with Crippen LogP contribution in [0.1, 0.15) is 44.9 Å². The summed E-state index contributed by atoms with van der Waals surface area (Å²) in [5, 5.41) is 0. The van der Waals surface area contributed by atoms with E-state index in [9.17, 15) is 0 Å². The lowest BCUT2D eigenvalue weighted by molar-refractivity contribution is 0.139. The van der Waals surface area contributed by atoms with Gasteiger partial charge in [0.1, 0.15) is 0 Å². The quantitative estimate of drug-likeness (QED) is 0.614. The molecule has 0 spiro atoms. The van der Waals surface area contributed by atoms with E-state index in [2.05, 4.69) is 0 Å². The minimum Gasteiger partial charge on any atom is -0.328 e. The summed E-state index contributed by atoms with van der Waals surface area (Å²) in [7, 11) is 0. The van der Waals surface area contributed by atoms with Crippen molar-refractivity contribution >= 4 is 0 Å². The number of rotatable bonds is 1. The summed E-state index contributed by atoms with van der Waals surface area (Å²) < 4.78 is 0. The molecular weight excluding hydrogens is 134 g/mol. The van der Waals surface area contributed by atoms with Gasteiger partial charge in [-0.25, -0.2) is 0 Å². The van der Waals surface area contributed by atoms with Crippen LogP contribution in [0.3, 0.4) is 0 Å². The van der Waals surface area contributed by atoms with Crippen LogP contribution in [0.5, 0.6) is 0 Å². The summed E-state index contributed by atoms with van der Waals surface area (Å²) in [5.74, 6) is 2.08. The lowest BCUT2D eigenvalue weighted by Crippen LogP contribution is -2.40. The van der Waals surface area contributed by atoms with Crippen LogP contribution in [-0.4, -0.2) is 6.04 Å². The molecule has 0 atom stereocenters.